The Morgan fingerprint density at radius 2 is 1.92 bits per heavy atom. The number of hydrogen-bond acceptors (Lipinski definition) is 5. The van der Waals surface area contributed by atoms with E-state index in [0.717, 1.165) is 19.3 Å². The van der Waals surface area contributed by atoms with Gasteiger partial charge in [0.05, 0.1) is 5.88 Å². The van der Waals surface area contributed by atoms with Crippen molar-refractivity contribution in [2.24, 2.45) is 5.92 Å². The predicted molar refractivity (Wildman–Crippen MR) is 92.6 cm³/mol. The first-order valence-corrected chi connectivity index (χ1v) is 10.2. The third-order valence-corrected chi connectivity index (χ3v) is 6.37. The van der Waals surface area contributed by atoms with E-state index in [1.807, 2.05) is 0 Å². The molecule has 2 heterocycles. The van der Waals surface area contributed by atoms with Gasteiger partial charge in [-0.3, -0.25) is 14.5 Å². The summed E-state index contributed by atoms with van der Waals surface area (Å²) in [6, 6.07) is -2.36. The molecule has 10 heteroatoms. The van der Waals surface area contributed by atoms with Crippen molar-refractivity contribution in [3.63, 3.8) is 0 Å². The lowest BCUT2D eigenvalue weighted by Gasteiger charge is -2.36. The monoisotopic (exact) mass is 394 g/mol. The molecule has 2 unspecified atom stereocenters. The van der Waals surface area contributed by atoms with E-state index >= 15 is 0 Å². The minimum Gasteiger partial charge on any atom is -0.352 e. The second-order valence-electron chi connectivity index (χ2n) is 7.04. The van der Waals surface area contributed by atoms with Gasteiger partial charge in [0.15, 0.2) is 0 Å². The van der Waals surface area contributed by atoms with Crippen LogP contribution in [0.2, 0.25) is 0 Å². The second kappa shape index (κ2) is 8.35. The summed E-state index contributed by atoms with van der Waals surface area (Å²) < 4.78 is 40.2. The Hall–Kier alpha value is -1.00. The maximum absolute atomic E-state index is 13.4. The Labute approximate surface area is 155 Å². The van der Waals surface area contributed by atoms with Gasteiger partial charge in [-0.15, -0.1) is 11.8 Å². The molecule has 0 bridgehead atoms. The lowest BCUT2D eigenvalue weighted by atomic mass is 9.84. The first kappa shape index (κ1) is 19.8. The second-order valence-corrected chi connectivity index (χ2v) is 8.04. The van der Waals surface area contributed by atoms with E-state index in [-0.39, 0.29) is 11.8 Å². The zero-order valence-electron chi connectivity index (χ0n) is 14.6. The van der Waals surface area contributed by atoms with Crippen LogP contribution in [0.1, 0.15) is 19.3 Å². The molecule has 1 saturated carbocycles. The summed E-state index contributed by atoms with van der Waals surface area (Å²) in [6.07, 6.45) is -1.70. The summed E-state index contributed by atoms with van der Waals surface area (Å²) in [5.41, 5.74) is 0. The van der Waals surface area contributed by atoms with Crippen molar-refractivity contribution in [2.75, 3.05) is 44.4 Å². The number of nitrogens with zero attached hydrogens (tertiary/aromatic N) is 2. The number of carbonyl (C=O) groups is 2. The highest BCUT2D eigenvalue weighted by atomic mass is 32.2. The number of rotatable bonds is 5. The van der Waals surface area contributed by atoms with E-state index in [1.54, 1.807) is 0 Å². The third kappa shape index (κ3) is 4.45. The molecule has 0 spiro atoms. The molecule has 2 aliphatic heterocycles. The maximum Gasteiger partial charge on any atom is 0.405 e. The topological polar surface area (TPSA) is 64.7 Å². The number of piperazine rings is 1. The SMILES string of the molecule is O=C(NCC(N1CCNCC1)C(F)(F)F)C1CSCN1C(=O)C1CCC1. The Morgan fingerprint density at radius 1 is 1.23 bits per heavy atom. The summed E-state index contributed by atoms with van der Waals surface area (Å²) in [4.78, 5) is 27.8. The maximum atomic E-state index is 13.4. The fourth-order valence-corrected chi connectivity index (χ4v) is 4.69. The normalized spacial score (nSPS) is 26.4. The molecule has 2 N–H and O–H groups in total. The van der Waals surface area contributed by atoms with Crippen LogP contribution in [0, 0.1) is 5.92 Å². The van der Waals surface area contributed by atoms with Gasteiger partial charge in [-0.1, -0.05) is 6.42 Å². The van der Waals surface area contributed by atoms with Crippen molar-refractivity contribution in [3.8, 4) is 0 Å². The van der Waals surface area contributed by atoms with Crippen LogP contribution in [0.4, 0.5) is 13.2 Å². The van der Waals surface area contributed by atoms with Crippen LogP contribution >= 0.6 is 11.8 Å². The zero-order valence-corrected chi connectivity index (χ0v) is 15.4. The molecule has 0 aromatic carbocycles. The van der Waals surface area contributed by atoms with Crippen molar-refractivity contribution in [2.45, 2.75) is 37.5 Å². The highest BCUT2D eigenvalue weighted by molar-refractivity contribution is 7.99. The number of thioether (sulfide) groups is 1. The molecule has 3 fully saturated rings. The molecule has 3 aliphatic rings. The van der Waals surface area contributed by atoms with Gasteiger partial charge in [0, 0.05) is 44.4 Å². The van der Waals surface area contributed by atoms with E-state index in [9.17, 15) is 22.8 Å². The van der Waals surface area contributed by atoms with Crippen LogP contribution in [0.5, 0.6) is 0 Å². The average molecular weight is 394 g/mol. The van der Waals surface area contributed by atoms with Crippen molar-refractivity contribution in [1.29, 1.82) is 0 Å². The van der Waals surface area contributed by atoms with Crippen LogP contribution in [-0.4, -0.2) is 84.2 Å². The quantitative estimate of drug-likeness (QED) is 0.717. The largest absolute Gasteiger partial charge is 0.405 e. The molecular formula is C16H25F3N4O2S. The minimum atomic E-state index is -4.41. The van der Waals surface area contributed by atoms with Gasteiger partial charge in [-0.05, 0) is 12.8 Å². The van der Waals surface area contributed by atoms with E-state index in [0.29, 0.717) is 37.8 Å². The predicted octanol–water partition coefficient (Wildman–Crippen LogP) is 0.640. The zero-order chi connectivity index (χ0) is 18.7. The van der Waals surface area contributed by atoms with Gasteiger partial charge < -0.3 is 15.5 Å². The molecule has 0 aromatic heterocycles. The molecule has 148 valence electrons. The summed E-state index contributed by atoms with van der Waals surface area (Å²) in [5.74, 6) is 0.346. The first-order chi connectivity index (χ1) is 12.4. The smallest absolute Gasteiger partial charge is 0.352 e. The number of hydrogen-bond donors (Lipinski definition) is 2. The van der Waals surface area contributed by atoms with Crippen molar-refractivity contribution < 1.29 is 22.8 Å². The van der Waals surface area contributed by atoms with E-state index in [1.165, 1.54) is 21.6 Å². The Morgan fingerprint density at radius 3 is 2.50 bits per heavy atom. The molecule has 2 atom stereocenters. The number of alkyl halides is 3. The molecule has 1 aliphatic carbocycles. The Bertz CT molecular complexity index is 524. The van der Waals surface area contributed by atoms with Crippen LogP contribution in [0.25, 0.3) is 0 Å². The van der Waals surface area contributed by atoms with Gasteiger partial charge in [-0.25, -0.2) is 0 Å². The highest BCUT2D eigenvalue weighted by Crippen LogP contribution is 2.32. The van der Waals surface area contributed by atoms with Crippen LogP contribution in [0.3, 0.4) is 0 Å². The van der Waals surface area contributed by atoms with Gasteiger partial charge in [0.2, 0.25) is 11.8 Å². The molecular weight excluding hydrogens is 369 g/mol. The molecule has 2 amide bonds. The van der Waals surface area contributed by atoms with Crippen molar-refractivity contribution in [3.05, 3.63) is 0 Å². The van der Waals surface area contributed by atoms with Gasteiger partial charge in [-0.2, -0.15) is 13.2 Å². The molecule has 2 saturated heterocycles. The summed E-state index contributed by atoms with van der Waals surface area (Å²) in [6.45, 7) is 1.12. The van der Waals surface area contributed by atoms with Gasteiger partial charge in [0.1, 0.15) is 12.1 Å². The van der Waals surface area contributed by atoms with Crippen LogP contribution in [0.15, 0.2) is 0 Å². The summed E-state index contributed by atoms with van der Waals surface area (Å²) >= 11 is 1.47. The molecule has 26 heavy (non-hydrogen) atoms. The number of amides is 2. The molecule has 0 radical (unpaired) electrons. The van der Waals surface area contributed by atoms with Crippen LogP contribution in [-0.2, 0) is 9.59 Å². The first-order valence-electron chi connectivity index (χ1n) is 9.05. The Balaban J connectivity index is 1.57. The van der Waals surface area contributed by atoms with E-state index in [2.05, 4.69) is 10.6 Å². The molecule has 6 nitrogen and oxygen atoms in total. The molecule has 3 rings (SSSR count). The van der Waals surface area contributed by atoms with Crippen molar-refractivity contribution >= 4 is 23.6 Å². The third-order valence-electron chi connectivity index (χ3n) is 5.36. The van der Waals surface area contributed by atoms with E-state index < -0.39 is 30.7 Å². The summed E-state index contributed by atoms with van der Waals surface area (Å²) in [7, 11) is 0. The standard InChI is InChI=1S/C16H25F3N4O2S/c17-16(18,19)13(22-6-4-20-5-7-22)8-21-14(24)12-9-26-10-23(12)15(25)11-2-1-3-11/h11-13,20H,1-10H2,(H,21,24). The summed E-state index contributed by atoms with van der Waals surface area (Å²) in [5, 5.41) is 5.49. The average Bonchev–Trinajstić information content (AvgIpc) is 3.02. The highest BCUT2D eigenvalue weighted by Gasteiger charge is 2.45. The lowest BCUT2D eigenvalue weighted by molar-refractivity contribution is -0.184. The lowest BCUT2D eigenvalue weighted by Crippen LogP contribution is -2.59. The van der Waals surface area contributed by atoms with E-state index in [4.69, 9.17) is 0 Å². The fourth-order valence-electron chi connectivity index (χ4n) is 3.53. The van der Waals surface area contributed by atoms with Gasteiger partial charge in [0.25, 0.3) is 0 Å². The molecule has 0 aromatic rings. The van der Waals surface area contributed by atoms with Crippen molar-refractivity contribution in [1.82, 2.24) is 20.4 Å². The Kier molecular flexibility index (Phi) is 6.34. The number of halogens is 3. The fraction of sp³-hybridized carbons (Fsp3) is 0.875. The number of carbonyl (C=O) groups excluding carboxylic acids is 2. The number of nitrogens with one attached hydrogen (secondary N) is 2. The van der Waals surface area contributed by atoms with Crippen LogP contribution < -0.4 is 10.6 Å². The minimum absolute atomic E-state index is 0.0206. The van der Waals surface area contributed by atoms with Gasteiger partial charge >= 0.3 is 6.18 Å².